The molecule has 0 bridgehead atoms. The van der Waals surface area contributed by atoms with Crippen LogP contribution in [-0.4, -0.2) is 65.4 Å². The molecule has 1 saturated carbocycles. The zero-order valence-corrected chi connectivity index (χ0v) is 19.9. The van der Waals surface area contributed by atoms with Crippen LogP contribution < -0.4 is 0 Å². The molecule has 1 amide bonds. The lowest BCUT2D eigenvalue weighted by Crippen LogP contribution is -2.33. The third-order valence-corrected chi connectivity index (χ3v) is 6.53. The number of benzene rings is 1. The Kier molecular flexibility index (Phi) is 7.23. The van der Waals surface area contributed by atoms with E-state index >= 15 is 0 Å². The van der Waals surface area contributed by atoms with E-state index in [1.165, 1.54) is 18.4 Å². The topological polar surface area (TPSA) is 69.3 Å². The Bertz CT molecular complexity index is 1040. The van der Waals surface area contributed by atoms with E-state index in [2.05, 4.69) is 40.5 Å². The number of hydrogen-bond donors (Lipinski definition) is 1. The number of aromatic amines is 1. The van der Waals surface area contributed by atoms with Gasteiger partial charge in [-0.2, -0.15) is 5.10 Å². The maximum Gasteiger partial charge on any atom is 0.246 e. The number of H-pyrrole nitrogens is 1. The van der Waals surface area contributed by atoms with Crippen molar-refractivity contribution >= 4 is 17.3 Å². The Hall–Kier alpha value is -2.99. The number of amides is 1. The van der Waals surface area contributed by atoms with Crippen LogP contribution in [0.1, 0.15) is 60.5 Å². The lowest BCUT2D eigenvalue weighted by Gasteiger charge is -2.26. The first-order valence-corrected chi connectivity index (χ1v) is 11.9. The average Bonchev–Trinajstić information content (AvgIpc) is 3.57. The van der Waals surface area contributed by atoms with Gasteiger partial charge in [-0.25, -0.2) is 0 Å². The van der Waals surface area contributed by atoms with Crippen LogP contribution in [0.3, 0.4) is 0 Å². The van der Waals surface area contributed by atoms with E-state index in [9.17, 15) is 9.59 Å². The number of likely N-dealkylation sites (N-methyl/N-ethyl adjacent to an activating group) is 1. The molecule has 1 fully saturated rings. The Morgan fingerprint density at radius 1 is 1.24 bits per heavy atom. The normalized spacial score (nSPS) is 17.5. The van der Waals surface area contributed by atoms with Crippen LogP contribution in [0, 0.1) is 0 Å². The van der Waals surface area contributed by atoms with E-state index in [0.717, 1.165) is 42.0 Å². The fraction of sp³-hybridized carbons (Fsp3) is 0.444. The van der Waals surface area contributed by atoms with Crippen molar-refractivity contribution in [3.63, 3.8) is 0 Å². The van der Waals surface area contributed by atoms with Crippen molar-refractivity contribution in [1.82, 2.24) is 20.0 Å². The monoisotopic (exact) mass is 446 g/mol. The molecule has 0 spiro atoms. The van der Waals surface area contributed by atoms with Crippen molar-refractivity contribution in [1.29, 1.82) is 0 Å². The lowest BCUT2D eigenvalue weighted by atomic mass is 9.91. The van der Waals surface area contributed by atoms with E-state index in [1.54, 1.807) is 6.08 Å². The molecule has 1 N–H and O–H groups in total. The van der Waals surface area contributed by atoms with E-state index in [4.69, 9.17) is 0 Å². The number of ketones is 1. The maximum absolute atomic E-state index is 12.8. The van der Waals surface area contributed by atoms with Crippen LogP contribution in [0.25, 0.3) is 5.57 Å². The van der Waals surface area contributed by atoms with Crippen LogP contribution in [0.4, 0.5) is 0 Å². The quantitative estimate of drug-likeness (QED) is 0.593. The molecule has 1 atom stereocenters. The fourth-order valence-electron chi connectivity index (χ4n) is 4.17. The molecule has 4 rings (SSSR count). The average molecular weight is 447 g/mol. The van der Waals surface area contributed by atoms with Gasteiger partial charge in [-0.1, -0.05) is 43.3 Å². The number of hydrogen-bond acceptors (Lipinski definition) is 4. The molecule has 0 radical (unpaired) electrons. The molecule has 1 aromatic heterocycles. The summed E-state index contributed by atoms with van der Waals surface area (Å²) in [6.07, 6.45) is 9.35. The molecule has 174 valence electrons. The van der Waals surface area contributed by atoms with Crippen molar-refractivity contribution < 1.29 is 9.59 Å². The third-order valence-electron chi connectivity index (χ3n) is 6.53. The van der Waals surface area contributed by atoms with Crippen LogP contribution in [0.2, 0.25) is 0 Å². The summed E-state index contributed by atoms with van der Waals surface area (Å²) in [4.78, 5) is 29.0. The highest BCUT2D eigenvalue weighted by Gasteiger charge is 2.26. The van der Waals surface area contributed by atoms with Crippen LogP contribution >= 0.6 is 0 Å². The Labute approximate surface area is 196 Å². The second-order valence-corrected chi connectivity index (χ2v) is 9.51. The van der Waals surface area contributed by atoms with Crippen molar-refractivity contribution in [2.24, 2.45) is 0 Å². The SMILES string of the molecule is C[C@H](C(=O)Cc1cc(C2CC2)n[nH]1)c1ccc(C2=CCN(C(=O)/C=C/CN(C)C)CC2)cc1. The smallest absolute Gasteiger partial charge is 0.246 e. The van der Waals surface area contributed by atoms with E-state index in [1.807, 2.05) is 43.0 Å². The first-order chi connectivity index (χ1) is 15.9. The third kappa shape index (κ3) is 6.08. The van der Waals surface area contributed by atoms with Crippen molar-refractivity contribution in [2.75, 3.05) is 33.7 Å². The number of Topliss-reactive ketones (excluding diaryl/α,β-unsaturated/α-hetero) is 1. The second-order valence-electron chi connectivity index (χ2n) is 9.51. The first kappa shape index (κ1) is 23.2. The molecule has 6 heteroatoms. The minimum absolute atomic E-state index is 0.0661. The number of rotatable bonds is 9. The predicted octanol–water partition coefficient (Wildman–Crippen LogP) is 3.94. The molecular formula is C27H34N4O2. The minimum Gasteiger partial charge on any atom is -0.335 e. The molecule has 1 aliphatic heterocycles. The number of carbonyl (C=O) groups is 2. The Balaban J connectivity index is 1.31. The highest BCUT2D eigenvalue weighted by Crippen LogP contribution is 2.39. The molecule has 1 aliphatic carbocycles. The fourth-order valence-corrected chi connectivity index (χ4v) is 4.17. The highest BCUT2D eigenvalue weighted by molar-refractivity contribution is 5.88. The van der Waals surface area contributed by atoms with E-state index in [-0.39, 0.29) is 17.6 Å². The van der Waals surface area contributed by atoms with Gasteiger partial charge in [0.15, 0.2) is 0 Å². The van der Waals surface area contributed by atoms with Crippen molar-refractivity contribution in [3.8, 4) is 0 Å². The van der Waals surface area contributed by atoms with Gasteiger partial charge in [0, 0.05) is 49.7 Å². The van der Waals surface area contributed by atoms with Gasteiger partial charge in [-0.15, -0.1) is 0 Å². The molecule has 2 aromatic rings. The molecular weight excluding hydrogens is 412 g/mol. The molecule has 2 heterocycles. The summed E-state index contributed by atoms with van der Waals surface area (Å²) >= 11 is 0. The number of aromatic nitrogens is 2. The molecule has 2 aliphatic rings. The second kappa shape index (κ2) is 10.3. The zero-order valence-electron chi connectivity index (χ0n) is 19.9. The number of nitrogens with one attached hydrogen (secondary N) is 1. The van der Waals surface area contributed by atoms with Gasteiger partial charge >= 0.3 is 0 Å². The lowest BCUT2D eigenvalue weighted by molar-refractivity contribution is -0.125. The molecule has 1 aromatic carbocycles. The predicted molar refractivity (Wildman–Crippen MR) is 131 cm³/mol. The summed E-state index contributed by atoms with van der Waals surface area (Å²) in [7, 11) is 3.97. The summed E-state index contributed by atoms with van der Waals surface area (Å²) in [6, 6.07) is 10.4. The van der Waals surface area contributed by atoms with Gasteiger partial charge in [-0.3, -0.25) is 14.7 Å². The zero-order chi connectivity index (χ0) is 23.4. The summed E-state index contributed by atoms with van der Waals surface area (Å²) in [5.41, 5.74) is 5.46. The summed E-state index contributed by atoms with van der Waals surface area (Å²) in [5.74, 6) is 0.696. The van der Waals surface area contributed by atoms with Gasteiger partial charge < -0.3 is 9.80 Å². The van der Waals surface area contributed by atoms with Gasteiger partial charge in [0.1, 0.15) is 5.78 Å². The molecule has 0 saturated heterocycles. The number of nitrogens with zero attached hydrogens (tertiary/aromatic N) is 3. The highest BCUT2D eigenvalue weighted by atomic mass is 16.2. The van der Waals surface area contributed by atoms with Gasteiger partial charge in [0.05, 0.1) is 5.69 Å². The van der Waals surface area contributed by atoms with Crippen LogP contribution in [0.5, 0.6) is 0 Å². The Morgan fingerprint density at radius 2 is 2.00 bits per heavy atom. The summed E-state index contributed by atoms with van der Waals surface area (Å²) in [5, 5.41) is 7.38. The largest absolute Gasteiger partial charge is 0.335 e. The van der Waals surface area contributed by atoms with Crippen LogP contribution in [-0.2, 0) is 16.0 Å². The first-order valence-electron chi connectivity index (χ1n) is 11.9. The summed E-state index contributed by atoms with van der Waals surface area (Å²) < 4.78 is 0. The Morgan fingerprint density at radius 3 is 2.64 bits per heavy atom. The van der Waals surface area contributed by atoms with Gasteiger partial charge in [0.25, 0.3) is 0 Å². The summed E-state index contributed by atoms with van der Waals surface area (Å²) in [6.45, 7) is 4.09. The standard InChI is InChI=1S/C27H34N4O2/c1-19(26(32)18-24-17-25(29-28-24)23-10-11-23)20-6-8-21(9-7-20)22-12-15-31(16-13-22)27(33)5-4-14-30(2)3/h4-9,12,17,19,23H,10-11,13-16,18H2,1-3H3,(H,28,29)/b5-4+/t19-/m0/s1. The molecule has 0 unspecified atom stereocenters. The van der Waals surface area contributed by atoms with E-state index in [0.29, 0.717) is 18.9 Å². The van der Waals surface area contributed by atoms with Gasteiger partial charge in [0.2, 0.25) is 5.91 Å². The van der Waals surface area contributed by atoms with Crippen LogP contribution in [0.15, 0.2) is 48.6 Å². The molecule has 33 heavy (non-hydrogen) atoms. The minimum atomic E-state index is -0.158. The molecule has 6 nitrogen and oxygen atoms in total. The van der Waals surface area contributed by atoms with Crippen molar-refractivity contribution in [3.05, 3.63) is 71.1 Å². The number of carbonyl (C=O) groups excluding carboxylic acids is 2. The van der Waals surface area contributed by atoms with E-state index < -0.39 is 0 Å². The van der Waals surface area contributed by atoms with Gasteiger partial charge in [-0.05, 0) is 56.1 Å². The van der Waals surface area contributed by atoms with Crippen molar-refractivity contribution in [2.45, 2.75) is 44.4 Å². The maximum atomic E-state index is 12.8.